The first kappa shape index (κ1) is 23.9. The second-order valence-corrected chi connectivity index (χ2v) is 10.1. The van der Waals surface area contributed by atoms with Crippen molar-refractivity contribution >= 4 is 28.9 Å². The van der Waals surface area contributed by atoms with Gasteiger partial charge in [0, 0.05) is 6.54 Å². The van der Waals surface area contributed by atoms with Gasteiger partial charge in [-0.1, -0.05) is 48.2 Å². The van der Waals surface area contributed by atoms with E-state index in [2.05, 4.69) is 39.5 Å². The van der Waals surface area contributed by atoms with E-state index < -0.39 is 17.7 Å². The van der Waals surface area contributed by atoms with E-state index in [1.165, 1.54) is 16.2 Å². The Labute approximate surface area is 206 Å². The molecule has 0 unspecified atom stereocenters. The van der Waals surface area contributed by atoms with Gasteiger partial charge in [0.2, 0.25) is 0 Å². The molecule has 35 heavy (non-hydrogen) atoms. The summed E-state index contributed by atoms with van der Waals surface area (Å²) in [4.78, 5) is 19.2. The summed E-state index contributed by atoms with van der Waals surface area (Å²) in [7, 11) is 0. The highest BCUT2D eigenvalue weighted by atomic mass is 32.2. The number of hydrogen-bond donors (Lipinski definition) is 1. The predicted octanol–water partition coefficient (Wildman–Crippen LogP) is 5.17. The molecule has 0 atom stereocenters. The molecular weight excluding hydrogens is 473 g/mol. The number of aromatic nitrogens is 2. The number of aryl methyl sites for hydroxylation is 1. The second-order valence-electron chi connectivity index (χ2n) is 9.09. The number of likely N-dealkylation sites (tertiary alicyclic amines) is 1. The summed E-state index contributed by atoms with van der Waals surface area (Å²) in [5, 5.41) is 3.35. The normalized spacial score (nSPS) is 17.2. The fourth-order valence-corrected chi connectivity index (χ4v) is 5.98. The van der Waals surface area contributed by atoms with Crippen molar-refractivity contribution in [3.8, 4) is 0 Å². The van der Waals surface area contributed by atoms with Crippen molar-refractivity contribution in [2.75, 3.05) is 26.2 Å². The van der Waals surface area contributed by atoms with E-state index >= 15 is 0 Å². The zero-order valence-corrected chi connectivity index (χ0v) is 20.0. The van der Waals surface area contributed by atoms with Gasteiger partial charge in [0.15, 0.2) is 0 Å². The monoisotopic (exact) mass is 500 g/mol. The number of thioether (sulfide) groups is 1. The summed E-state index contributed by atoms with van der Waals surface area (Å²) in [5.74, 6) is -0.404. The number of halogens is 3. The van der Waals surface area contributed by atoms with Crippen molar-refractivity contribution in [3.05, 3.63) is 70.9 Å². The molecule has 1 fully saturated rings. The number of rotatable bonds is 7. The first-order chi connectivity index (χ1) is 16.9. The Morgan fingerprint density at radius 2 is 1.86 bits per heavy atom. The third-order valence-corrected chi connectivity index (χ3v) is 7.84. The number of pyridine rings is 1. The van der Waals surface area contributed by atoms with Gasteiger partial charge >= 0.3 is 6.18 Å². The number of carbonyl (C=O) groups is 1. The van der Waals surface area contributed by atoms with Crippen LogP contribution in [-0.2, 0) is 11.2 Å². The maximum Gasteiger partial charge on any atom is 0.419 e. The Morgan fingerprint density at radius 1 is 1.09 bits per heavy atom. The molecule has 5 nitrogen and oxygen atoms in total. The van der Waals surface area contributed by atoms with Crippen LogP contribution in [0.1, 0.15) is 30.5 Å². The number of amides is 1. The number of hydrogen-bond acceptors (Lipinski definition) is 4. The lowest BCUT2D eigenvalue weighted by atomic mass is 9.96. The minimum atomic E-state index is -4.66. The number of nitrogens with zero attached hydrogens (tertiary/aromatic N) is 3. The topological polar surface area (TPSA) is 49.6 Å². The van der Waals surface area contributed by atoms with Gasteiger partial charge in [-0.3, -0.25) is 9.20 Å². The third kappa shape index (κ3) is 5.26. The van der Waals surface area contributed by atoms with E-state index in [0.717, 1.165) is 57.1 Å². The van der Waals surface area contributed by atoms with Crippen molar-refractivity contribution in [3.63, 3.8) is 0 Å². The van der Waals surface area contributed by atoms with Crippen LogP contribution in [0, 0.1) is 5.92 Å². The molecule has 1 saturated heterocycles. The lowest BCUT2D eigenvalue weighted by Gasteiger charge is -2.32. The maximum absolute atomic E-state index is 14.0. The van der Waals surface area contributed by atoms with Gasteiger partial charge in [0.25, 0.3) is 5.91 Å². The van der Waals surface area contributed by atoms with Crippen LogP contribution < -0.4 is 5.32 Å². The molecule has 2 aromatic heterocycles. The molecule has 0 spiro atoms. The summed E-state index contributed by atoms with van der Waals surface area (Å²) in [5.41, 5.74) is 0.773. The van der Waals surface area contributed by atoms with Gasteiger partial charge < -0.3 is 10.2 Å². The van der Waals surface area contributed by atoms with Gasteiger partial charge in [-0.25, -0.2) is 4.98 Å². The van der Waals surface area contributed by atoms with Gasteiger partial charge in [-0.05, 0) is 68.9 Å². The maximum atomic E-state index is 14.0. The van der Waals surface area contributed by atoms with Crippen molar-refractivity contribution in [2.24, 2.45) is 5.92 Å². The average molecular weight is 501 g/mol. The van der Waals surface area contributed by atoms with Crippen LogP contribution in [0.25, 0.3) is 11.2 Å². The Balaban J connectivity index is 1.17. The Kier molecular flexibility index (Phi) is 6.88. The van der Waals surface area contributed by atoms with E-state index in [0.29, 0.717) is 17.2 Å². The van der Waals surface area contributed by atoms with Gasteiger partial charge in [-0.15, -0.1) is 0 Å². The summed E-state index contributed by atoms with van der Waals surface area (Å²) < 4.78 is 43.5. The molecule has 0 aliphatic carbocycles. The molecule has 0 saturated carbocycles. The van der Waals surface area contributed by atoms with Gasteiger partial charge in [0.05, 0.1) is 21.8 Å². The molecule has 2 aliphatic heterocycles. The smallest absolute Gasteiger partial charge is 0.351 e. The summed E-state index contributed by atoms with van der Waals surface area (Å²) in [6, 6.07) is 15.5. The highest BCUT2D eigenvalue weighted by molar-refractivity contribution is 8.04. The molecule has 2 aliphatic rings. The van der Waals surface area contributed by atoms with Crippen LogP contribution in [-0.4, -0.2) is 52.5 Å². The summed E-state index contributed by atoms with van der Waals surface area (Å²) in [6.07, 6.45) is 0.542. The first-order valence-corrected chi connectivity index (χ1v) is 12.7. The SMILES string of the molecule is O=C(NCC1CCN(CCCc2ccccc2)CC1)C1=C(C(F)(F)F)c2cnc3cccc(n23)S1. The number of carbonyl (C=O) groups excluding carboxylic acids is 1. The van der Waals surface area contributed by atoms with Gasteiger partial charge in [0.1, 0.15) is 11.2 Å². The van der Waals surface area contributed by atoms with Crippen molar-refractivity contribution in [1.82, 2.24) is 19.6 Å². The van der Waals surface area contributed by atoms with E-state index in [1.807, 2.05) is 6.07 Å². The molecule has 4 heterocycles. The van der Waals surface area contributed by atoms with Crippen molar-refractivity contribution < 1.29 is 18.0 Å². The molecule has 3 aromatic rings. The third-order valence-electron chi connectivity index (χ3n) is 6.71. The quantitative estimate of drug-likeness (QED) is 0.486. The van der Waals surface area contributed by atoms with Crippen LogP contribution in [0.3, 0.4) is 0 Å². The van der Waals surface area contributed by atoms with E-state index in [4.69, 9.17) is 0 Å². The molecule has 5 rings (SSSR count). The highest BCUT2D eigenvalue weighted by Crippen LogP contribution is 2.46. The van der Waals surface area contributed by atoms with Crippen LogP contribution >= 0.6 is 11.8 Å². The number of benzene rings is 1. The van der Waals surface area contributed by atoms with Crippen LogP contribution in [0.2, 0.25) is 0 Å². The molecule has 184 valence electrons. The fraction of sp³-hybridized carbons (Fsp3) is 0.385. The lowest BCUT2D eigenvalue weighted by molar-refractivity contribution is -0.117. The lowest BCUT2D eigenvalue weighted by Crippen LogP contribution is -2.39. The molecule has 9 heteroatoms. The largest absolute Gasteiger partial charge is 0.419 e. The zero-order chi connectivity index (χ0) is 24.4. The highest BCUT2D eigenvalue weighted by Gasteiger charge is 2.43. The summed E-state index contributed by atoms with van der Waals surface area (Å²) in [6.45, 7) is 3.31. The number of piperidine rings is 1. The number of allylic oxidation sites excluding steroid dienone is 1. The van der Waals surface area contributed by atoms with Crippen LogP contribution in [0.5, 0.6) is 0 Å². The molecule has 1 aromatic carbocycles. The molecular formula is C26H27F3N4OS. The Hall–Kier alpha value is -2.78. The van der Waals surface area contributed by atoms with Crippen molar-refractivity contribution in [1.29, 1.82) is 0 Å². The van der Waals surface area contributed by atoms with E-state index in [-0.39, 0.29) is 16.5 Å². The first-order valence-electron chi connectivity index (χ1n) is 11.9. The Bertz CT molecular complexity index is 1230. The molecule has 1 amide bonds. The second kappa shape index (κ2) is 10.1. The van der Waals surface area contributed by atoms with Crippen molar-refractivity contribution in [2.45, 2.75) is 36.9 Å². The minimum absolute atomic E-state index is 0.0872. The number of nitrogens with one attached hydrogen (secondary N) is 1. The zero-order valence-electron chi connectivity index (χ0n) is 19.2. The summed E-state index contributed by atoms with van der Waals surface area (Å²) >= 11 is 0.854. The standard InChI is InChI=1S/C26H27F3N4OS/c27-26(28,29)23-20-17-30-21-9-4-10-22(33(20)21)35-24(23)25(34)31-16-19-11-14-32(15-12-19)13-5-8-18-6-2-1-3-7-18/h1-4,6-7,9-10,17,19H,5,8,11-16H2,(H,31,34). The number of alkyl halides is 3. The number of imidazole rings is 1. The Morgan fingerprint density at radius 3 is 2.60 bits per heavy atom. The minimum Gasteiger partial charge on any atom is -0.351 e. The predicted molar refractivity (Wildman–Crippen MR) is 131 cm³/mol. The fourth-order valence-electron chi connectivity index (χ4n) is 4.85. The average Bonchev–Trinajstić information content (AvgIpc) is 3.28. The van der Waals surface area contributed by atoms with Crippen LogP contribution in [0.15, 0.2) is 64.7 Å². The van der Waals surface area contributed by atoms with Gasteiger partial charge in [-0.2, -0.15) is 13.2 Å². The van der Waals surface area contributed by atoms with Crippen LogP contribution in [0.4, 0.5) is 13.2 Å². The molecule has 0 bridgehead atoms. The van der Waals surface area contributed by atoms with E-state index in [1.54, 1.807) is 18.2 Å². The molecule has 0 radical (unpaired) electrons. The molecule has 1 N–H and O–H groups in total. The van der Waals surface area contributed by atoms with E-state index in [9.17, 15) is 18.0 Å².